The van der Waals surface area contributed by atoms with Crippen LogP contribution in [0.3, 0.4) is 0 Å². The molecule has 146 valence electrons. The Labute approximate surface area is 169 Å². The van der Waals surface area contributed by atoms with E-state index in [0.29, 0.717) is 24.1 Å². The van der Waals surface area contributed by atoms with Crippen molar-refractivity contribution in [2.24, 2.45) is 5.92 Å². The normalized spacial score (nSPS) is 15.4. The van der Waals surface area contributed by atoms with Gasteiger partial charge < -0.3 is 15.4 Å². The minimum absolute atomic E-state index is 0.129. The van der Waals surface area contributed by atoms with E-state index < -0.39 is 0 Å². The molecule has 1 saturated heterocycles. The van der Waals surface area contributed by atoms with Gasteiger partial charge in [-0.3, -0.25) is 4.90 Å². The first-order chi connectivity index (χ1) is 13.2. The van der Waals surface area contributed by atoms with E-state index in [2.05, 4.69) is 33.0 Å². The van der Waals surface area contributed by atoms with Crippen LogP contribution in [-0.4, -0.2) is 43.7 Å². The summed E-state index contributed by atoms with van der Waals surface area (Å²) in [4.78, 5) is 15.8. The molecule has 2 amide bonds. The third-order valence-corrected chi connectivity index (χ3v) is 5.80. The van der Waals surface area contributed by atoms with E-state index in [1.54, 1.807) is 12.1 Å². The summed E-state index contributed by atoms with van der Waals surface area (Å²) in [5.74, 6) is 1.30. The van der Waals surface area contributed by atoms with E-state index in [4.69, 9.17) is 16.3 Å². The first kappa shape index (κ1) is 20.0. The van der Waals surface area contributed by atoms with E-state index in [0.717, 1.165) is 44.8 Å². The molecule has 0 atom stereocenters. The molecule has 3 rings (SSSR count). The van der Waals surface area contributed by atoms with Crippen LogP contribution in [0.1, 0.15) is 17.7 Å². The van der Waals surface area contributed by atoms with Gasteiger partial charge in [0.1, 0.15) is 12.4 Å². The number of nitrogens with one attached hydrogen (secondary N) is 2. The maximum Gasteiger partial charge on any atom is 0.314 e. The molecule has 1 aromatic carbocycles. The SMILES string of the molecule is O=C(NCCOc1ccc(Cl)cc1)NCC1CCN(Cc2cccs2)CC1. The molecule has 2 N–H and O–H groups in total. The summed E-state index contributed by atoms with van der Waals surface area (Å²) >= 11 is 7.65. The van der Waals surface area contributed by atoms with Crippen LogP contribution < -0.4 is 15.4 Å². The quantitative estimate of drug-likeness (QED) is 0.650. The second-order valence-electron chi connectivity index (χ2n) is 6.74. The third-order valence-electron chi connectivity index (χ3n) is 4.69. The van der Waals surface area contributed by atoms with Crippen molar-refractivity contribution in [1.29, 1.82) is 0 Å². The lowest BCUT2D eigenvalue weighted by Gasteiger charge is -2.31. The van der Waals surface area contributed by atoms with Gasteiger partial charge in [-0.2, -0.15) is 0 Å². The number of hydrogen-bond acceptors (Lipinski definition) is 4. The van der Waals surface area contributed by atoms with Gasteiger partial charge in [0, 0.05) is 23.0 Å². The predicted octanol–water partition coefficient (Wildman–Crippen LogP) is 3.99. The monoisotopic (exact) mass is 407 g/mol. The lowest BCUT2D eigenvalue weighted by molar-refractivity contribution is 0.176. The molecule has 0 bridgehead atoms. The van der Waals surface area contributed by atoms with Gasteiger partial charge in [0.15, 0.2) is 0 Å². The zero-order chi connectivity index (χ0) is 18.9. The fourth-order valence-corrected chi connectivity index (χ4v) is 4.01. The Hall–Kier alpha value is -1.76. The van der Waals surface area contributed by atoms with Crippen molar-refractivity contribution in [2.45, 2.75) is 19.4 Å². The summed E-state index contributed by atoms with van der Waals surface area (Å²) in [6.45, 7) is 4.87. The van der Waals surface area contributed by atoms with Crippen LogP contribution in [-0.2, 0) is 6.54 Å². The first-order valence-electron chi connectivity index (χ1n) is 9.34. The van der Waals surface area contributed by atoms with Crippen LogP contribution in [0.25, 0.3) is 0 Å². The Balaban J connectivity index is 1.24. The van der Waals surface area contributed by atoms with Gasteiger partial charge >= 0.3 is 6.03 Å². The van der Waals surface area contributed by atoms with Gasteiger partial charge in [-0.1, -0.05) is 17.7 Å². The maximum absolute atomic E-state index is 11.9. The maximum atomic E-state index is 11.9. The number of ether oxygens (including phenoxy) is 1. The largest absolute Gasteiger partial charge is 0.492 e. The number of nitrogens with zero attached hydrogens (tertiary/aromatic N) is 1. The van der Waals surface area contributed by atoms with Gasteiger partial charge in [-0.05, 0) is 67.6 Å². The zero-order valence-corrected chi connectivity index (χ0v) is 16.9. The van der Waals surface area contributed by atoms with Crippen LogP contribution in [0.5, 0.6) is 5.75 Å². The Morgan fingerprint density at radius 2 is 1.96 bits per heavy atom. The topological polar surface area (TPSA) is 53.6 Å². The van der Waals surface area contributed by atoms with Gasteiger partial charge in [0.05, 0.1) is 6.54 Å². The molecule has 5 nitrogen and oxygen atoms in total. The number of rotatable bonds is 8. The van der Waals surface area contributed by atoms with Crippen molar-refractivity contribution in [3.8, 4) is 5.75 Å². The predicted molar refractivity (Wildman–Crippen MR) is 111 cm³/mol. The number of benzene rings is 1. The standard InChI is InChI=1S/C20H26ClN3O2S/c21-17-3-5-18(6-4-17)26-12-9-22-20(25)23-14-16-7-10-24(11-8-16)15-19-2-1-13-27-19/h1-6,13,16H,7-12,14-15H2,(H2,22,23,25). The van der Waals surface area contributed by atoms with Crippen LogP contribution in [0.4, 0.5) is 4.79 Å². The van der Waals surface area contributed by atoms with E-state index in [1.165, 1.54) is 4.88 Å². The van der Waals surface area contributed by atoms with Crippen molar-refractivity contribution in [1.82, 2.24) is 15.5 Å². The smallest absolute Gasteiger partial charge is 0.314 e. The number of carbonyl (C=O) groups is 1. The molecule has 1 aliphatic rings. The van der Waals surface area contributed by atoms with Crippen molar-refractivity contribution < 1.29 is 9.53 Å². The lowest BCUT2D eigenvalue weighted by atomic mass is 9.97. The van der Waals surface area contributed by atoms with Gasteiger partial charge in [0.25, 0.3) is 0 Å². The number of halogens is 1. The Bertz CT molecular complexity index is 686. The lowest BCUT2D eigenvalue weighted by Crippen LogP contribution is -2.42. The summed E-state index contributed by atoms with van der Waals surface area (Å²) in [5.41, 5.74) is 0. The van der Waals surface area contributed by atoms with Crippen LogP contribution in [0.2, 0.25) is 5.02 Å². The van der Waals surface area contributed by atoms with E-state index >= 15 is 0 Å². The van der Waals surface area contributed by atoms with Gasteiger partial charge in [-0.15, -0.1) is 11.3 Å². The van der Waals surface area contributed by atoms with Gasteiger partial charge in [0.2, 0.25) is 0 Å². The molecule has 1 fully saturated rings. The summed E-state index contributed by atoms with van der Waals surface area (Å²) < 4.78 is 5.55. The van der Waals surface area contributed by atoms with Crippen molar-refractivity contribution in [3.63, 3.8) is 0 Å². The highest BCUT2D eigenvalue weighted by atomic mass is 35.5. The van der Waals surface area contributed by atoms with E-state index in [-0.39, 0.29) is 6.03 Å². The number of urea groups is 1. The molecule has 27 heavy (non-hydrogen) atoms. The minimum Gasteiger partial charge on any atom is -0.492 e. The number of likely N-dealkylation sites (tertiary alicyclic amines) is 1. The zero-order valence-electron chi connectivity index (χ0n) is 15.3. The fraction of sp³-hybridized carbons (Fsp3) is 0.450. The Kier molecular flexibility index (Phi) is 7.80. The summed E-state index contributed by atoms with van der Waals surface area (Å²) in [7, 11) is 0. The highest BCUT2D eigenvalue weighted by Crippen LogP contribution is 2.20. The summed E-state index contributed by atoms with van der Waals surface area (Å²) in [5, 5.41) is 8.62. The van der Waals surface area contributed by atoms with Crippen molar-refractivity contribution in [2.75, 3.05) is 32.8 Å². The highest BCUT2D eigenvalue weighted by molar-refractivity contribution is 7.09. The fourth-order valence-electron chi connectivity index (χ4n) is 3.14. The minimum atomic E-state index is -0.129. The summed E-state index contributed by atoms with van der Waals surface area (Å²) in [6, 6.07) is 11.4. The molecule has 0 saturated carbocycles. The summed E-state index contributed by atoms with van der Waals surface area (Å²) in [6.07, 6.45) is 2.26. The highest BCUT2D eigenvalue weighted by Gasteiger charge is 2.19. The third kappa shape index (κ3) is 7.05. The molecule has 2 heterocycles. The van der Waals surface area contributed by atoms with Crippen LogP contribution in [0.15, 0.2) is 41.8 Å². The average molecular weight is 408 g/mol. The van der Waals surface area contributed by atoms with Crippen molar-refractivity contribution in [3.05, 3.63) is 51.7 Å². The Morgan fingerprint density at radius 3 is 2.67 bits per heavy atom. The molecule has 0 unspecified atom stereocenters. The van der Waals surface area contributed by atoms with Crippen LogP contribution in [0, 0.1) is 5.92 Å². The number of amides is 2. The molecule has 1 aliphatic heterocycles. The molecule has 0 aliphatic carbocycles. The molecule has 7 heteroatoms. The number of piperidine rings is 1. The second kappa shape index (κ2) is 10.5. The van der Waals surface area contributed by atoms with Crippen LogP contribution >= 0.6 is 22.9 Å². The number of carbonyl (C=O) groups excluding carboxylic acids is 1. The van der Waals surface area contributed by atoms with Gasteiger partial charge in [-0.25, -0.2) is 4.79 Å². The molecule has 0 spiro atoms. The molecule has 1 aromatic heterocycles. The number of thiophene rings is 1. The molecular formula is C20H26ClN3O2S. The second-order valence-corrected chi connectivity index (χ2v) is 8.21. The molecule has 0 radical (unpaired) electrons. The van der Waals surface area contributed by atoms with Crippen molar-refractivity contribution >= 4 is 29.0 Å². The van der Waals surface area contributed by atoms with E-state index in [1.807, 2.05) is 23.5 Å². The Morgan fingerprint density at radius 1 is 1.19 bits per heavy atom. The number of hydrogen-bond donors (Lipinski definition) is 2. The molecular weight excluding hydrogens is 382 g/mol. The molecule has 2 aromatic rings. The van der Waals surface area contributed by atoms with E-state index in [9.17, 15) is 4.79 Å². The first-order valence-corrected chi connectivity index (χ1v) is 10.6. The average Bonchev–Trinajstić information content (AvgIpc) is 3.19.